The molecule has 0 aliphatic heterocycles. The fourth-order valence-corrected chi connectivity index (χ4v) is 2.39. The third-order valence-corrected chi connectivity index (χ3v) is 3.47. The normalized spacial score (nSPS) is 10.8. The lowest BCUT2D eigenvalue weighted by Crippen LogP contribution is -2.25. The zero-order valence-corrected chi connectivity index (χ0v) is 11.5. The summed E-state index contributed by atoms with van der Waals surface area (Å²) in [7, 11) is 0. The average molecular weight is 297 g/mol. The van der Waals surface area contributed by atoms with Crippen molar-refractivity contribution in [1.82, 2.24) is 4.57 Å². The standard InChI is InChI=1S/C17H12FNO3/c18-14-6-5-12-8-11(3-4-13(12)9-14)10-19-7-1-2-15(16(19)20)17(21)22/h1-9H,10H2,(H,21,22). The Labute approximate surface area is 125 Å². The average Bonchev–Trinajstić information content (AvgIpc) is 2.49. The van der Waals surface area contributed by atoms with Crippen LogP contribution < -0.4 is 5.56 Å². The Morgan fingerprint density at radius 3 is 2.59 bits per heavy atom. The number of hydrogen-bond acceptors (Lipinski definition) is 2. The Hall–Kier alpha value is -2.95. The van der Waals surface area contributed by atoms with Gasteiger partial charge in [-0.1, -0.05) is 18.2 Å². The maximum atomic E-state index is 13.2. The summed E-state index contributed by atoms with van der Waals surface area (Å²) in [5.41, 5.74) is 0.0308. The molecule has 1 N–H and O–H groups in total. The molecule has 1 heterocycles. The Morgan fingerprint density at radius 2 is 1.82 bits per heavy atom. The van der Waals surface area contributed by atoms with Gasteiger partial charge in [-0.3, -0.25) is 4.79 Å². The number of carbonyl (C=O) groups is 1. The molecule has 3 aromatic rings. The molecule has 0 atom stereocenters. The molecular formula is C17H12FNO3. The minimum Gasteiger partial charge on any atom is -0.477 e. The second-order valence-electron chi connectivity index (χ2n) is 4.99. The number of pyridine rings is 1. The summed E-state index contributed by atoms with van der Waals surface area (Å²) in [5, 5.41) is 10.6. The molecule has 110 valence electrons. The number of rotatable bonds is 3. The highest BCUT2D eigenvalue weighted by Gasteiger charge is 2.10. The third kappa shape index (κ3) is 2.61. The first-order valence-corrected chi connectivity index (χ1v) is 6.65. The summed E-state index contributed by atoms with van der Waals surface area (Å²) in [4.78, 5) is 23.0. The van der Waals surface area contributed by atoms with Gasteiger partial charge in [0.05, 0.1) is 6.54 Å². The molecule has 0 saturated carbocycles. The first-order chi connectivity index (χ1) is 10.5. The maximum Gasteiger partial charge on any atom is 0.341 e. The van der Waals surface area contributed by atoms with Gasteiger partial charge >= 0.3 is 5.97 Å². The summed E-state index contributed by atoms with van der Waals surface area (Å²) >= 11 is 0. The number of fused-ring (bicyclic) bond motifs is 1. The number of aromatic carboxylic acids is 1. The molecule has 0 bridgehead atoms. The molecule has 2 aromatic carbocycles. The van der Waals surface area contributed by atoms with Crippen molar-refractivity contribution >= 4 is 16.7 Å². The molecule has 0 spiro atoms. The van der Waals surface area contributed by atoms with Crippen LogP contribution in [0.15, 0.2) is 59.5 Å². The van der Waals surface area contributed by atoms with Gasteiger partial charge in [0.15, 0.2) is 0 Å². The molecule has 0 unspecified atom stereocenters. The van der Waals surface area contributed by atoms with Crippen molar-refractivity contribution in [3.63, 3.8) is 0 Å². The highest BCUT2D eigenvalue weighted by molar-refractivity contribution is 5.87. The van der Waals surface area contributed by atoms with Gasteiger partial charge in [0.2, 0.25) is 0 Å². The van der Waals surface area contributed by atoms with Crippen LogP contribution in [0.2, 0.25) is 0 Å². The number of benzene rings is 2. The van der Waals surface area contributed by atoms with Gasteiger partial charge in [-0.05, 0) is 46.7 Å². The number of halogens is 1. The minimum atomic E-state index is -1.24. The fraction of sp³-hybridized carbons (Fsp3) is 0.0588. The van der Waals surface area contributed by atoms with Gasteiger partial charge < -0.3 is 9.67 Å². The highest BCUT2D eigenvalue weighted by atomic mass is 19.1. The molecule has 0 amide bonds. The van der Waals surface area contributed by atoms with Gasteiger partial charge in [0.1, 0.15) is 11.4 Å². The van der Waals surface area contributed by atoms with Crippen molar-refractivity contribution in [2.24, 2.45) is 0 Å². The smallest absolute Gasteiger partial charge is 0.341 e. The van der Waals surface area contributed by atoms with E-state index in [2.05, 4.69) is 0 Å². The Morgan fingerprint density at radius 1 is 1.09 bits per heavy atom. The number of aromatic nitrogens is 1. The third-order valence-electron chi connectivity index (χ3n) is 3.47. The predicted octanol–water partition coefficient (Wildman–Crippen LogP) is 2.89. The molecule has 0 aliphatic carbocycles. The monoisotopic (exact) mass is 297 g/mol. The van der Waals surface area contributed by atoms with E-state index in [9.17, 15) is 14.0 Å². The Balaban J connectivity index is 2.00. The largest absolute Gasteiger partial charge is 0.477 e. The molecular weight excluding hydrogens is 285 g/mol. The molecule has 5 heteroatoms. The first-order valence-electron chi connectivity index (χ1n) is 6.65. The molecule has 0 radical (unpaired) electrons. The van der Waals surface area contributed by atoms with Crippen LogP contribution in [0.3, 0.4) is 0 Å². The van der Waals surface area contributed by atoms with Gasteiger partial charge in [0.25, 0.3) is 5.56 Å². The van der Waals surface area contributed by atoms with Crippen LogP contribution in [0.5, 0.6) is 0 Å². The molecule has 0 saturated heterocycles. The fourth-order valence-electron chi connectivity index (χ4n) is 2.39. The summed E-state index contributed by atoms with van der Waals surface area (Å²) in [6, 6.07) is 12.7. The van der Waals surface area contributed by atoms with Crippen LogP contribution in [0, 0.1) is 5.82 Å². The zero-order valence-electron chi connectivity index (χ0n) is 11.5. The maximum absolute atomic E-state index is 13.2. The van der Waals surface area contributed by atoms with Crippen LogP contribution in [0.4, 0.5) is 4.39 Å². The van der Waals surface area contributed by atoms with E-state index in [1.54, 1.807) is 24.4 Å². The number of nitrogens with zero attached hydrogens (tertiary/aromatic N) is 1. The second kappa shape index (κ2) is 5.44. The second-order valence-corrected chi connectivity index (χ2v) is 4.99. The van der Waals surface area contributed by atoms with E-state index in [4.69, 9.17) is 5.11 Å². The topological polar surface area (TPSA) is 59.3 Å². The molecule has 0 fully saturated rings. The van der Waals surface area contributed by atoms with Crippen molar-refractivity contribution < 1.29 is 14.3 Å². The Kier molecular flexibility index (Phi) is 3.47. The lowest BCUT2D eigenvalue weighted by molar-refractivity contribution is 0.0694. The van der Waals surface area contributed by atoms with Crippen molar-refractivity contribution in [3.05, 3.63) is 82.0 Å². The van der Waals surface area contributed by atoms with E-state index in [1.165, 1.54) is 28.8 Å². The van der Waals surface area contributed by atoms with E-state index in [0.29, 0.717) is 0 Å². The van der Waals surface area contributed by atoms with E-state index in [0.717, 1.165) is 16.3 Å². The van der Waals surface area contributed by atoms with Gasteiger partial charge in [-0.2, -0.15) is 0 Å². The quantitative estimate of drug-likeness (QED) is 0.808. The lowest BCUT2D eigenvalue weighted by atomic mass is 10.1. The zero-order chi connectivity index (χ0) is 15.7. The first kappa shape index (κ1) is 14.0. The lowest BCUT2D eigenvalue weighted by Gasteiger charge is -2.08. The summed E-state index contributed by atoms with van der Waals surface area (Å²) in [6.45, 7) is 0.257. The number of hydrogen-bond donors (Lipinski definition) is 1. The van der Waals surface area contributed by atoms with Gasteiger partial charge in [-0.25, -0.2) is 9.18 Å². The van der Waals surface area contributed by atoms with E-state index >= 15 is 0 Å². The van der Waals surface area contributed by atoms with Crippen LogP contribution in [0.25, 0.3) is 10.8 Å². The molecule has 1 aromatic heterocycles. The van der Waals surface area contributed by atoms with E-state index < -0.39 is 11.5 Å². The molecule has 3 rings (SSSR count). The summed E-state index contributed by atoms with van der Waals surface area (Å²) in [6.07, 6.45) is 1.55. The van der Waals surface area contributed by atoms with Crippen LogP contribution in [-0.4, -0.2) is 15.6 Å². The van der Waals surface area contributed by atoms with Crippen molar-refractivity contribution in [3.8, 4) is 0 Å². The van der Waals surface area contributed by atoms with Crippen molar-refractivity contribution in [2.75, 3.05) is 0 Å². The summed E-state index contributed by atoms with van der Waals surface area (Å²) < 4.78 is 14.5. The number of carboxylic acids is 1. The summed E-state index contributed by atoms with van der Waals surface area (Å²) in [5.74, 6) is -1.54. The predicted molar refractivity (Wildman–Crippen MR) is 80.7 cm³/mol. The molecule has 22 heavy (non-hydrogen) atoms. The van der Waals surface area contributed by atoms with Crippen LogP contribution in [-0.2, 0) is 6.54 Å². The van der Waals surface area contributed by atoms with Crippen molar-refractivity contribution in [2.45, 2.75) is 6.54 Å². The SMILES string of the molecule is O=C(O)c1cccn(Cc2ccc3cc(F)ccc3c2)c1=O. The van der Waals surface area contributed by atoms with Crippen LogP contribution >= 0.6 is 0 Å². The van der Waals surface area contributed by atoms with E-state index in [1.807, 2.05) is 6.07 Å². The van der Waals surface area contributed by atoms with E-state index in [-0.39, 0.29) is 17.9 Å². The molecule has 4 nitrogen and oxygen atoms in total. The minimum absolute atomic E-state index is 0.257. The van der Waals surface area contributed by atoms with Gasteiger partial charge in [0, 0.05) is 6.20 Å². The Bertz CT molecular complexity index is 931. The van der Waals surface area contributed by atoms with Crippen molar-refractivity contribution in [1.29, 1.82) is 0 Å². The van der Waals surface area contributed by atoms with Gasteiger partial charge in [-0.15, -0.1) is 0 Å². The molecule has 0 aliphatic rings. The number of carboxylic acid groups (broad SMARTS) is 1. The van der Waals surface area contributed by atoms with Crippen LogP contribution in [0.1, 0.15) is 15.9 Å². The highest BCUT2D eigenvalue weighted by Crippen LogP contribution is 2.17.